The zero-order valence-electron chi connectivity index (χ0n) is 11.3. The van der Waals surface area contributed by atoms with Gasteiger partial charge in [-0.05, 0) is 46.1 Å². The van der Waals surface area contributed by atoms with E-state index in [4.69, 9.17) is 0 Å². The Hall–Kier alpha value is -0.570. The highest BCUT2D eigenvalue weighted by Crippen LogP contribution is 2.25. The van der Waals surface area contributed by atoms with Gasteiger partial charge in [0.15, 0.2) is 0 Å². The van der Waals surface area contributed by atoms with Gasteiger partial charge in [0.25, 0.3) is 0 Å². The minimum atomic E-state index is -0.377. The highest BCUT2D eigenvalue weighted by molar-refractivity contribution is 5.85. The molecule has 2 aliphatic rings. The molecular weight excluding hydrogens is 212 g/mol. The predicted molar refractivity (Wildman–Crippen MR) is 69.9 cm³/mol. The van der Waals surface area contributed by atoms with Crippen molar-refractivity contribution >= 4 is 5.91 Å². The number of nitrogens with zero attached hydrogens (tertiary/aromatic N) is 1. The molecule has 1 saturated carbocycles. The van der Waals surface area contributed by atoms with E-state index in [1.165, 1.54) is 38.5 Å². The zero-order valence-corrected chi connectivity index (χ0v) is 11.3. The summed E-state index contributed by atoms with van der Waals surface area (Å²) in [5.74, 6) is 0.309. The first kappa shape index (κ1) is 12.9. The van der Waals surface area contributed by atoms with E-state index in [1.54, 1.807) is 0 Å². The lowest BCUT2D eigenvalue weighted by Crippen LogP contribution is -2.58. The highest BCUT2D eigenvalue weighted by atomic mass is 16.2. The second-order valence-corrected chi connectivity index (χ2v) is 6.05. The van der Waals surface area contributed by atoms with Crippen LogP contribution < -0.4 is 5.32 Å². The third-order valence-corrected chi connectivity index (χ3v) is 4.20. The molecule has 1 amide bonds. The summed E-state index contributed by atoms with van der Waals surface area (Å²) >= 11 is 0. The number of carbonyl (C=O) groups excluding carboxylic acids is 1. The Bertz CT molecular complexity index is 269. The molecule has 1 N–H and O–H groups in total. The van der Waals surface area contributed by atoms with Gasteiger partial charge in [-0.25, -0.2) is 0 Å². The van der Waals surface area contributed by atoms with Gasteiger partial charge in [0.2, 0.25) is 5.91 Å². The molecule has 1 aliphatic carbocycles. The lowest BCUT2D eigenvalue weighted by molar-refractivity contribution is -0.141. The average Bonchev–Trinajstić information content (AvgIpc) is 2.32. The molecule has 3 nitrogen and oxygen atoms in total. The van der Waals surface area contributed by atoms with Gasteiger partial charge < -0.3 is 10.2 Å². The van der Waals surface area contributed by atoms with Crippen molar-refractivity contribution in [2.75, 3.05) is 13.1 Å². The maximum Gasteiger partial charge on any atom is 0.242 e. The quantitative estimate of drug-likeness (QED) is 0.760. The lowest BCUT2D eigenvalue weighted by Gasteiger charge is -2.41. The van der Waals surface area contributed by atoms with Crippen molar-refractivity contribution in [2.24, 2.45) is 0 Å². The molecule has 0 aromatic heterocycles. The molecular formula is C14H26N2O. The van der Waals surface area contributed by atoms with E-state index >= 15 is 0 Å². The number of carbonyl (C=O) groups is 1. The summed E-state index contributed by atoms with van der Waals surface area (Å²) < 4.78 is 0. The molecule has 0 spiro atoms. The Morgan fingerprint density at radius 2 is 1.82 bits per heavy atom. The Labute approximate surface area is 105 Å². The van der Waals surface area contributed by atoms with Crippen molar-refractivity contribution in [1.82, 2.24) is 10.2 Å². The molecule has 1 saturated heterocycles. The van der Waals surface area contributed by atoms with Gasteiger partial charge in [0.05, 0.1) is 5.54 Å². The molecule has 0 aromatic rings. The molecule has 0 atom stereocenters. The molecule has 2 rings (SSSR count). The van der Waals surface area contributed by atoms with Gasteiger partial charge in [-0.15, -0.1) is 0 Å². The Balaban J connectivity index is 2.08. The molecule has 2 fully saturated rings. The van der Waals surface area contributed by atoms with Gasteiger partial charge in [0, 0.05) is 12.6 Å². The first-order valence-corrected chi connectivity index (χ1v) is 7.17. The molecule has 3 heteroatoms. The van der Waals surface area contributed by atoms with Crippen LogP contribution in [0.4, 0.5) is 0 Å². The molecule has 0 bridgehead atoms. The van der Waals surface area contributed by atoms with Crippen molar-refractivity contribution < 1.29 is 4.79 Å². The van der Waals surface area contributed by atoms with Crippen LogP contribution in [0.2, 0.25) is 0 Å². The second kappa shape index (κ2) is 5.38. The van der Waals surface area contributed by atoms with Crippen molar-refractivity contribution in [3.63, 3.8) is 0 Å². The molecule has 1 aliphatic heterocycles. The van der Waals surface area contributed by atoms with Crippen molar-refractivity contribution in [3.8, 4) is 0 Å². The Kier molecular flexibility index (Phi) is 4.08. The standard InChI is InChI=1S/C14H26N2O/c1-14(2)13(17)16(11-7-6-10-15-14)12-8-4-3-5-9-12/h12,15H,3-11H2,1-2H3. The topological polar surface area (TPSA) is 32.3 Å². The second-order valence-electron chi connectivity index (χ2n) is 6.05. The fraction of sp³-hybridized carbons (Fsp3) is 0.929. The molecule has 17 heavy (non-hydrogen) atoms. The monoisotopic (exact) mass is 238 g/mol. The summed E-state index contributed by atoms with van der Waals surface area (Å²) in [5, 5.41) is 3.39. The average molecular weight is 238 g/mol. The lowest BCUT2D eigenvalue weighted by atomic mass is 9.91. The van der Waals surface area contributed by atoms with Crippen LogP contribution >= 0.6 is 0 Å². The maximum absolute atomic E-state index is 12.6. The predicted octanol–water partition coefficient (Wildman–Crippen LogP) is 2.31. The minimum absolute atomic E-state index is 0.309. The van der Waals surface area contributed by atoms with Crippen LogP contribution in [0, 0.1) is 0 Å². The fourth-order valence-corrected chi connectivity index (χ4v) is 3.09. The van der Waals surface area contributed by atoms with E-state index in [1.807, 2.05) is 13.8 Å². The zero-order chi connectivity index (χ0) is 12.3. The summed E-state index contributed by atoms with van der Waals surface area (Å²) in [6.45, 7) is 5.98. The first-order chi connectivity index (χ1) is 8.11. The van der Waals surface area contributed by atoms with Gasteiger partial charge >= 0.3 is 0 Å². The minimum Gasteiger partial charge on any atom is -0.338 e. The third kappa shape index (κ3) is 3.01. The molecule has 1 heterocycles. The van der Waals surface area contributed by atoms with Crippen LogP contribution in [-0.4, -0.2) is 35.5 Å². The number of nitrogens with one attached hydrogen (secondary N) is 1. The Morgan fingerprint density at radius 1 is 1.12 bits per heavy atom. The first-order valence-electron chi connectivity index (χ1n) is 7.17. The summed E-state index contributed by atoms with van der Waals surface area (Å²) in [5.41, 5.74) is -0.377. The highest BCUT2D eigenvalue weighted by Gasteiger charge is 2.36. The summed E-state index contributed by atoms with van der Waals surface area (Å²) in [6, 6.07) is 0.510. The normalized spacial score (nSPS) is 27.6. The van der Waals surface area contributed by atoms with Crippen LogP contribution in [-0.2, 0) is 4.79 Å². The van der Waals surface area contributed by atoms with Gasteiger partial charge in [-0.1, -0.05) is 19.3 Å². The van der Waals surface area contributed by atoms with Crippen LogP contribution in [0.5, 0.6) is 0 Å². The summed E-state index contributed by atoms with van der Waals surface area (Å²) in [7, 11) is 0. The Morgan fingerprint density at radius 3 is 2.53 bits per heavy atom. The number of rotatable bonds is 1. The van der Waals surface area contributed by atoms with E-state index in [9.17, 15) is 4.79 Å². The van der Waals surface area contributed by atoms with Crippen LogP contribution in [0.15, 0.2) is 0 Å². The molecule has 0 aromatic carbocycles. The smallest absolute Gasteiger partial charge is 0.242 e. The van der Waals surface area contributed by atoms with Crippen LogP contribution in [0.1, 0.15) is 58.8 Å². The number of amides is 1. The van der Waals surface area contributed by atoms with E-state index in [-0.39, 0.29) is 5.54 Å². The number of hydrogen-bond acceptors (Lipinski definition) is 2. The van der Waals surface area contributed by atoms with Gasteiger partial charge in [-0.3, -0.25) is 4.79 Å². The summed E-state index contributed by atoms with van der Waals surface area (Å²) in [4.78, 5) is 14.8. The third-order valence-electron chi connectivity index (χ3n) is 4.20. The molecule has 98 valence electrons. The van der Waals surface area contributed by atoms with E-state index in [0.717, 1.165) is 19.5 Å². The van der Waals surface area contributed by atoms with Crippen molar-refractivity contribution in [3.05, 3.63) is 0 Å². The maximum atomic E-state index is 12.6. The molecule has 0 unspecified atom stereocenters. The van der Waals surface area contributed by atoms with E-state index in [0.29, 0.717) is 11.9 Å². The van der Waals surface area contributed by atoms with Gasteiger partial charge in [0.1, 0.15) is 0 Å². The summed E-state index contributed by atoms with van der Waals surface area (Å²) in [6.07, 6.45) is 8.68. The van der Waals surface area contributed by atoms with Crippen molar-refractivity contribution in [1.29, 1.82) is 0 Å². The van der Waals surface area contributed by atoms with E-state index < -0.39 is 0 Å². The van der Waals surface area contributed by atoms with Crippen LogP contribution in [0.3, 0.4) is 0 Å². The molecule has 0 radical (unpaired) electrons. The number of hydrogen-bond donors (Lipinski definition) is 1. The SMILES string of the molecule is CC1(C)NCCCCN(C2CCCCC2)C1=O. The van der Waals surface area contributed by atoms with E-state index in [2.05, 4.69) is 10.2 Å². The van der Waals surface area contributed by atoms with Crippen LogP contribution in [0.25, 0.3) is 0 Å². The van der Waals surface area contributed by atoms with Crippen molar-refractivity contribution in [2.45, 2.75) is 70.4 Å². The largest absolute Gasteiger partial charge is 0.338 e. The van der Waals surface area contributed by atoms with Gasteiger partial charge in [-0.2, -0.15) is 0 Å². The fourth-order valence-electron chi connectivity index (χ4n) is 3.09.